The Morgan fingerprint density at radius 1 is 1.17 bits per heavy atom. The van der Waals surface area contributed by atoms with E-state index in [1.807, 2.05) is 0 Å². The van der Waals surface area contributed by atoms with Crippen molar-refractivity contribution in [2.75, 3.05) is 16.4 Å². The highest BCUT2D eigenvalue weighted by Crippen LogP contribution is 2.34. The number of nitroso groups, excluding NO2 is 1. The number of hydrogen-bond acceptors (Lipinski definition) is 7. The topological polar surface area (TPSA) is 122 Å². The predicted molar refractivity (Wildman–Crippen MR) is 80.9 cm³/mol. The Morgan fingerprint density at radius 2 is 1.75 bits per heavy atom. The summed E-state index contributed by atoms with van der Waals surface area (Å²) in [6.07, 6.45) is -4.47. The third-order valence-corrected chi connectivity index (χ3v) is 2.76. The third kappa shape index (κ3) is 3.94. The zero-order valence-electron chi connectivity index (χ0n) is 12.2. The number of hydrogen-bond donors (Lipinski definition) is 3. The number of nitrogens with two attached hydrogens (primary N) is 1. The van der Waals surface area contributed by atoms with E-state index < -0.39 is 17.6 Å². The van der Waals surface area contributed by atoms with Gasteiger partial charge in [-0.2, -0.15) is 23.1 Å². The first-order chi connectivity index (χ1) is 11.2. The van der Waals surface area contributed by atoms with Gasteiger partial charge < -0.3 is 16.4 Å². The van der Waals surface area contributed by atoms with Gasteiger partial charge in [-0.25, -0.2) is 0 Å². The van der Waals surface area contributed by atoms with Gasteiger partial charge in [-0.3, -0.25) is 4.79 Å². The van der Waals surface area contributed by atoms with Crippen molar-refractivity contribution in [3.05, 3.63) is 34.7 Å². The van der Waals surface area contributed by atoms with Crippen LogP contribution in [0.4, 0.5) is 42.1 Å². The zero-order chi connectivity index (χ0) is 17.9. The van der Waals surface area contributed by atoms with E-state index in [0.717, 1.165) is 24.3 Å². The minimum absolute atomic E-state index is 0.152. The fourth-order valence-electron chi connectivity index (χ4n) is 1.78. The van der Waals surface area contributed by atoms with Crippen LogP contribution in [0.25, 0.3) is 0 Å². The van der Waals surface area contributed by atoms with Crippen molar-refractivity contribution in [3.63, 3.8) is 0 Å². The van der Waals surface area contributed by atoms with Crippen LogP contribution >= 0.6 is 0 Å². The van der Waals surface area contributed by atoms with Gasteiger partial charge in [-0.15, -0.1) is 4.91 Å². The molecule has 11 heteroatoms. The van der Waals surface area contributed by atoms with Gasteiger partial charge in [0, 0.05) is 12.6 Å². The molecule has 1 heterocycles. The molecule has 8 nitrogen and oxygen atoms in total. The van der Waals surface area contributed by atoms with Crippen LogP contribution in [0.1, 0.15) is 12.5 Å². The van der Waals surface area contributed by atoms with Crippen LogP contribution in [0.2, 0.25) is 0 Å². The maximum Gasteiger partial charge on any atom is 0.416 e. The Bertz CT molecular complexity index is 777. The smallest absolute Gasteiger partial charge is 0.368 e. The van der Waals surface area contributed by atoms with Gasteiger partial charge in [-0.1, -0.05) is 0 Å². The lowest BCUT2D eigenvalue weighted by Gasteiger charge is -2.12. The fourth-order valence-corrected chi connectivity index (χ4v) is 1.78. The van der Waals surface area contributed by atoms with Crippen molar-refractivity contribution < 1.29 is 18.0 Å². The highest BCUT2D eigenvalue weighted by Gasteiger charge is 2.30. The maximum atomic E-state index is 12.5. The second kappa shape index (κ2) is 6.48. The number of anilines is 4. The zero-order valence-corrected chi connectivity index (χ0v) is 12.2. The normalized spacial score (nSPS) is 11.0. The number of carbonyl (C=O) groups is 1. The summed E-state index contributed by atoms with van der Waals surface area (Å²) in [4.78, 5) is 29.6. The molecule has 2 rings (SSSR count). The molecule has 1 aromatic heterocycles. The van der Waals surface area contributed by atoms with Crippen molar-refractivity contribution >= 4 is 34.9 Å². The number of nitrogen functional groups attached to an aromatic ring is 1. The van der Waals surface area contributed by atoms with E-state index in [4.69, 9.17) is 5.73 Å². The summed E-state index contributed by atoms with van der Waals surface area (Å²) in [5, 5.41) is 7.61. The molecule has 0 fully saturated rings. The van der Waals surface area contributed by atoms with Crippen molar-refractivity contribution in [2.45, 2.75) is 13.1 Å². The molecule has 2 aromatic rings. The van der Waals surface area contributed by atoms with Gasteiger partial charge in [0.05, 0.1) is 5.56 Å². The molecule has 1 amide bonds. The number of carbonyl (C=O) groups excluding carboxylic acids is 1. The largest absolute Gasteiger partial charge is 0.416 e. The number of benzene rings is 1. The summed E-state index contributed by atoms with van der Waals surface area (Å²) in [6, 6.07) is 4.01. The summed E-state index contributed by atoms with van der Waals surface area (Å²) < 4.78 is 37.6. The second-order valence-electron chi connectivity index (χ2n) is 4.60. The van der Waals surface area contributed by atoms with Gasteiger partial charge in [0.25, 0.3) is 0 Å². The molecule has 0 unspecified atom stereocenters. The fraction of sp³-hybridized carbons (Fsp3) is 0.154. The Morgan fingerprint density at radius 3 is 2.25 bits per heavy atom. The summed E-state index contributed by atoms with van der Waals surface area (Å²) in [6.45, 7) is 1.19. The standard InChI is InChI=1S/C13H11F3N6O2/c1-6(23)18-10-9(22-24)11(21-12(17)20-10)19-8-4-2-7(3-5-8)13(14,15)16/h2-5H,1H3,(H4,17,18,19,20,21,23). The monoisotopic (exact) mass is 340 g/mol. The molecular weight excluding hydrogens is 329 g/mol. The minimum atomic E-state index is -4.47. The molecule has 0 atom stereocenters. The quantitative estimate of drug-likeness (QED) is 0.735. The maximum absolute atomic E-state index is 12.5. The molecular formula is C13H11F3N6O2. The van der Waals surface area contributed by atoms with Crippen molar-refractivity contribution in [1.29, 1.82) is 0 Å². The van der Waals surface area contributed by atoms with Crippen LogP contribution in [0.15, 0.2) is 29.4 Å². The molecule has 1 aromatic carbocycles. The molecule has 0 aliphatic heterocycles. The van der Waals surface area contributed by atoms with E-state index in [0.29, 0.717) is 0 Å². The van der Waals surface area contributed by atoms with Crippen LogP contribution < -0.4 is 16.4 Å². The van der Waals surface area contributed by atoms with E-state index in [1.54, 1.807) is 0 Å². The first kappa shape index (κ1) is 17.1. The van der Waals surface area contributed by atoms with Gasteiger partial charge in [0.2, 0.25) is 11.9 Å². The molecule has 0 spiro atoms. The van der Waals surface area contributed by atoms with E-state index in [-0.39, 0.29) is 29.0 Å². The Hall–Kier alpha value is -3.24. The first-order valence-corrected chi connectivity index (χ1v) is 6.43. The predicted octanol–water partition coefficient (Wildman–Crippen LogP) is 3.18. The summed E-state index contributed by atoms with van der Waals surface area (Å²) in [5.41, 5.74) is 4.53. The highest BCUT2D eigenvalue weighted by atomic mass is 19.4. The molecule has 4 N–H and O–H groups in total. The average Bonchev–Trinajstić information content (AvgIpc) is 2.46. The summed E-state index contributed by atoms with van der Waals surface area (Å²) in [5.74, 6) is -1.14. The van der Waals surface area contributed by atoms with E-state index >= 15 is 0 Å². The number of aromatic nitrogens is 2. The molecule has 0 saturated heterocycles. The van der Waals surface area contributed by atoms with Gasteiger partial charge in [0.15, 0.2) is 17.3 Å². The number of nitrogens with zero attached hydrogens (tertiary/aromatic N) is 3. The van der Waals surface area contributed by atoms with Crippen LogP contribution in [-0.2, 0) is 11.0 Å². The number of halogens is 3. The van der Waals surface area contributed by atoms with E-state index in [2.05, 4.69) is 25.8 Å². The van der Waals surface area contributed by atoms with Crippen LogP contribution in [0, 0.1) is 4.91 Å². The molecule has 0 aliphatic carbocycles. The van der Waals surface area contributed by atoms with Gasteiger partial charge in [0.1, 0.15) is 0 Å². The Labute approximate surface area is 133 Å². The van der Waals surface area contributed by atoms with E-state index in [1.165, 1.54) is 6.92 Å². The average molecular weight is 340 g/mol. The number of amides is 1. The molecule has 0 saturated carbocycles. The van der Waals surface area contributed by atoms with Gasteiger partial charge in [-0.05, 0) is 29.4 Å². The van der Waals surface area contributed by atoms with Crippen LogP contribution in [-0.4, -0.2) is 15.9 Å². The number of rotatable bonds is 4. The molecule has 126 valence electrons. The van der Waals surface area contributed by atoms with Gasteiger partial charge >= 0.3 is 6.18 Å². The SMILES string of the molecule is CC(=O)Nc1nc(N)nc(Nc2ccc(C(F)(F)F)cc2)c1N=O. The lowest BCUT2D eigenvalue weighted by Crippen LogP contribution is -2.11. The highest BCUT2D eigenvalue weighted by molar-refractivity contribution is 5.93. The molecule has 0 bridgehead atoms. The molecule has 0 radical (unpaired) electrons. The van der Waals surface area contributed by atoms with Crippen LogP contribution in [0.5, 0.6) is 0 Å². The Balaban J connectivity index is 2.37. The number of nitrogens with one attached hydrogen (secondary N) is 2. The minimum Gasteiger partial charge on any atom is -0.368 e. The lowest BCUT2D eigenvalue weighted by atomic mass is 10.2. The second-order valence-corrected chi connectivity index (χ2v) is 4.60. The number of alkyl halides is 3. The van der Waals surface area contributed by atoms with Crippen molar-refractivity contribution in [2.24, 2.45) is 5.18 Å². The molecule has 24 heavy (non-hydrogen) atoms. The lowest BCUT2D eigenvalue weighted by molar-refractivity contribution is -0.137. The summed E-state index contributed by atoms with van der Waals surface area (Å²) >= 11 is 0. The third-order valence-electron chi connectivity index (χ3n) is 2.76. The molecule has 0 aliphatic rings. The first-order valence-electron chi connectivity index (χ1n) is 6.43. The summed E-state index contributed by atoms with van der Waals surface area (Å²) in [7, 11) is 0. The van der Waals surface area contributed by atoms with E-state index in [9.17, 15) is 22.9 Å². The van der Waals surface area contributed by atoms with Crippen molar-refractivity contribution in [1.82, 2.24) is 9.97 Å². The van der Waals surface area contributed by atoms with Crippen molar-refractivity contribution in [3.8, 4) is 0 Å². The Kier molecular flexibility index (Phi) is 4.62. The van der Waals surface area contributed by atoms with Crippen LogP contribution in [0.3, 0.4) is 0 Å².